The molecule has 0 saturated heterocycles. The van der Waals surface area contributed by atoms with Gasteiger partial charge in [0.25, 0.3) is 0 Å². The summed E-state index contributed by atoms with van der Waals surface area (Å²) in [6.45, 7) is 3.65. The van der Waals surface area contributed by atoms with Gasteiger partial charge in [0.2, 0.25) is 0 Å². The fourth-order valence-electron chi connectivity index (χ4n) is 2.65. The Hall–Kier alpha value is -0.890. The lowest BCUT2D eigenvalue weighted by Crippen LogP contribution is -2.15. The van der Waals surface area contributed by atoms with Crippen molar-refractivity contribution in [3.05, 3.63) is 23.8 Å². The molecule has 1 fully saturated rings. The van der Waals surface area contributed by atoms with Crippen molar-refractivity contribution in [3.8, 4) is 11.5 Å². The number of hydrogen-bond acceptors (Lipinski definition) is 2. The van der Waals surface area contributed by atoms with Gasteiger partial charge in [0, 0.05) is 11.6 Å². The first-order valence-electron chi connectivity index (χ1n) is 7.78. The minimum Gasteiger partial charge on any atom is -0.493 e. The highest BCUT2D eigenvalue weighted by Crippen LogP contribution is 2.29. The Kier molecular flexibility index (Phi) is 6.52. The smallest absolute Gasteiger partial charge is 0.127 e. The Labute approximate surface area is 127 Å². The summed E-state index contributed by atoms with van der Waals surface area (Å²) in [5.74, 6) is 2.94. The highest BCUT2D eigenvalue weighted by atomic mass is 35.5. The molecular formula is C17H25ClO2. The third-order valence-corrected chi connectivity index (χ3v) is 4.14. The summed E-state index contributed by atoms with van der Waals surface area (Å²) >= 11 is 5.99. The molecule has 20 heavy (non-hydrogen) atoms. The Morgan fingerprint density at radius 1 is 1.15 bits per heavy atom. The Morgan fingerprint density at radius 3 is 2.65 bits per heavy atom. The predicted molar refractivity (Wildman–Crippen MR) is 83.9 cm³/mol. The highest BCUT2D eigenvalue weighted by molar-refractivity contribution is 6.17. The molecule has 0 aromatic heterocycles. The second kappa shape index (κ2) is 8.41. The van der Waals surface area contributed by atoms with Crippen LogP contribution in [-0.2, 0) is 5.88 Å². The Bertz CT molecular complexity index is 400. The van der Waals surface area contributed by atoms with Gasteiger partial charge in [-0.15, -0.1) is 11.6 Å². The fourth-order valence-corrected chi connectivity index (χ4v) is 2.87. The molecule has 0 bridgehead atoms. The largest absolute Gasteiger partial charge is 0.493 e. The van der Waals surface area contributed by atoms with Gasteiger partial charge in [-0.05, 0) is 31.2 Å². The van der Waals surface area contributed by atoms with Crippen LogP contribution in [0.5, 0.6) is 11.5 Å². The van der Waals surface area contributed by atoms with E-state index in [1.54, 1.807) is 0 Å². The number of hydrogen-bond donors (Lipinski definition) is 0. The van der Waals surface area contributed by atoms with E-state index < -0.39 is 0 Å². The van der Waals surface area contributed by atoms with E-state index in [0.717, 1.165) is 36.7 Å². The van der Waals surface area contributed by atoms with Crippen molar-refractivity contribution in [1.29, 1.82) is 0 Å². The normalized spacial score (nSPS) is 16.1. The second-order valence-electron chi connectivity index (χ2n) is 5.57. The van der Waals surface area contributed by atoms with Crippen LogP contribution in [0, 0.1) is 5.92 Å². The van der Waals surface area contributed by atoms with Gasteiger partial charge < -0.3 is 9.47 Å². The van der Waals surface area contributed by atoms with Crippen molar-refractivity contribution < 1.29 is 9.47 Å². The summed E-state index contributed by atoms with van der Waals surface area (Å²) in [5, 5.41) is 0. The van der Waals surface area contributed by atoms with Crippen LogP contribution >= 0.6 is 11.6 Å². The first-order chi connectivity index (χ1) is 9.83. The minimum absolute atomic E-state index is 0.480. The number of alkyl halides is 1. The number of rotatable bonds is 7. The minimum atomic E-state index is 0.480. The number of halogens is 1. The van der Waals surface area contributed by atoms with Gasteiger partial charge in [-0.2, -0.15) is 0 Å². The van der Waals surface area contributed by atoms with E-state index in [4.69, 9.17) is 21.1 Å². The molecule has 0 atom stereocenters. The molecule has 112 valence electrons. The first kappa shape index (κ1) is 15.5. The first-order valence-corrected chi connectivity index (χ1v) is 8.31. The summed E-state index contributed by atoms with van der Waals surface area (Å²) in [5.41, 5.74) is 1.05. The van der Waals surface area contributed by atoms with Gasteiger partial charge in [-0.1, -0.05) is 32.3 Å². The van der Waals surface area contributed by atoms with Gasteiger partial charge in [0.1, 0.15) is 11.5 Å². The van der Waals surface area contributed by atoms with E-state index in [9.17, 15) is 0 Å². The van der Waals surface area contributed by atoms with Gasteiger partial charge in [-0.25, -0.2) is 0 Å². The lowest BCUT2D eigenvalue weighted by molar-refractivity contribution is 0.206. The average Bonchev–Trinajstić information content (AvgIpc) is 2.52. The summed E-state index contributed by atoms with van der Waals surface area (Å²) in [7, 11) is 0. The van der Waals surface area contributed by atoms with Crippen LogP contribution in [0.4, 0.5) is 0 Å². The van der Waals surface area contributed by atoms with Crippen LogP contribution in [0.15, 0.2) is 18.2 Å². The quantitative estimate of drug-likeness (QED) is 0.646. The topological polar surface area (TPSA) is 18.5 Å². The maximum absolute atomic E-state index is 6.02. The van der Waals surface area contributed by atoms with Crippen molar-refractivity contribution in [2.24, 2.45) is 5.92 Å². The summed E-state index contributed by atoms with van der Waals surface area (Å²) in [4.78, 5) is 0. The Balaban J connectivity index is 1.96. The molecule has 1 saturated carbocycles. The average molecular weight is 297 g/mol. The number of ether oxygens (including phenoxy) is 2. The molecule has 1 aromatic rings. The standard InChI is InChI=1S/C17H25ClO2/c1-2-10-19-16-9-8-15(12-18)17(11-16)20-13-14-6-4-3-5-7-14/h8-9,11,14H,2-7,10,12-13H2,1H3. The molecule has 0 spiro atoms. The molecular weight excluding hydrogens is 272 g/mol. The van der Waals surface area contributed by atoms with E-state index in [2.05, 4.69) is 6.92 Å². The zero-order valence-corrected chi connectivity index (χ0v) is 13.1. The second-order valence-corrected chi connectivity index (χ2v) is 5.83. The van der Waals surface area contributed by atoms with E-state index >= 15 is 0 Å². The molecule has 0 amide bonds. The zero-order valence-electron chi connectivity index (χ0n) is 12.4. The molecule has 3 heteroatoms. The van der Waals surface area contributed by atoms with Crippen LogP contribution in [0.2, 0.25) is 0 Å². The van der Waals surface area contributed by atoms with Gasteiger partial charge >= 0.3 is 0 Å². The SMILES string of the molecule is CCCOc1ccc(CCl)c(OCC2CCCCC2)c1. The van der Waals surface area contributed by atoms with Crippen LogP contribution in [-0.4, -0.2) is 13.2 Å². The lowest BCUT2D eigenvalue weighted by atomic mass is 9.90. The molecule has 2 rings (SSSR count). The van der Waals surface area contributed by atoms with Crippen LogP contribution in [0.1, 0.15) is 51.0 Å². The van der Waals surface area contributed by atoms with Gasteiger partial charge in [-0.3, -0.25) is 0 Å². The van der Waals surface area contributed by atoms with Gasteiger partial charge in [0.15, 0.2) is 0 Å². The van der Waals surface area contributed by atoms with Gasteiger partial charge in [0.05, 0.1) is 19.1 Å². The molecule has 1 aromatic carbocycles. The maximum Gasteiger partial charge on any atom is 0.127 e. The molecule has 0 heterocycles. The lowest BCUT2D eigenvalue weighted by Gasteiger charge is -2.22. The van der Waals surface area contributed by atoms with Crippen LogP contribution < -0.4 is 9.47 Å². The van der Waals surface area contributed by atoms with Crippen molar-refractivity contribution in [1.82, 2.24) is 0 Å². The third kappa shape index (κ3) is 4.59. The van der Waals surface area contributed by atoms with Crippen LogP contribution in [0.3, 0.4) is 0 Å². The van der Waals surface area contributed by atoms with E-state index in [0.29, 0.717) is 11.8 Å². The molecule has 0 N–H and O–H groups in total. The van der Waals surface area contributed by atoms with Crippen molar-refractivity contribution in [2.45, 2.75) is 51.3 Å². The van der Waals surface area contributed by atoms with Crippen molar-refractivity contribution in [2.75, 3.05) is 13.2 Å². The maximum atomic E-state index is 6.02. The molecule has 1 aliphatic carbocycles. The van der Waals surface area contributed by atoms with Crippen LogP contribution in [0.25, 0.3) is 0 Å². The molecule has 2 nitrogen and oxygen atoms in total. The van der Waals surface area contributed by atoms with Crippen molar-refractivity contribution in [3.63, 3.8) is 0 Å². The van der Waals surface area contributed by atoms with E-state index in [1.807, 2.05) is 18.2 Å². The van der Waals surface area contributed by atoms with E-state index in [-0.39, 0.29) is 0 Å². The van der Waals surface area contributed by atoms with Crippen molar-refractivity contribution >= 4 is 11.6 Å². The fraction of sp³-hybridized carbons (Fsp3) is 0.647. The number of benzene rings is 1. The molecule has 0 radical (unpaired) electrons. The predicted octanol–water partition coefficient (Wildman–Crippen LogP) is 5.17. The monoisotopic (exact) mass is 296 g/mol. The summed E-state index contributed by atoms with van der Waals surface area (Å²) < 4.78 is 11.7. The zero-order chi connectivity index (χ0) is 14.2. The highest BCUT2D eigenvalue weighted by Gasteiger charge is 2.15. The third-order valence-electron chi connectivity index (χ3n) is 3.85. The molecule has 0 aliphatic heterocycles. The molecule has 1 aliphatic rings. The Morgan fingerprint density at radius 2 is 1.95 bits per heavy atom. The van der Waals surface area contributed by atoms with E-state index in [1.165, 1.54) is 32.1 Å². The molecule has 0 unspecified atom stereocenters. The summed E-state index contributed by atoms with van der Waals surface area (Å²) in [6, 6.07) is 5.96. The summed E-state index contributed by atoms with van der Waals surface area (Å²) in [6.07, 6.45) is 7.66.